The topological polar surface area (TPSA) is 50.2 Å². The van der Waals surface area contributed by atoms with Gasteiger partial charge in [0.1, 0.15) is 4.83 Å². The number of nitrogens with zero attached hydrogens (tertiary/aromatic N) is 3. The molecule has 0 radical (unpaired) electrons. The Hall–Kier alpha value is -1.89. The normalized spacial score (nSPS) is 11.3. The second-order valence-electron chi connectivity index (χ2n) is 5.53. The van der Waals surface area contributed by atoms with E-state index in [0.29, 0.717) is 16.4 Å². The highest BCUT2D eigenvalue weighted by Crippen LogP contribution is 2.29. The number of hydrogen-bond donors (Lipinski definition) is 1. The van der Waals surface area contributed by atoms with E-state index in [9.17, 15) is 4.79 Å². The number of hydrogen-bond acceptors (Lipinski definition) is 4. The van der Waals surface area contributed by atoms with Gasteiger partial charge >= 0.3 is 0 Å². The summed E-state index contributed by atoms with van der Waals surface area (Å²) in [4.78, 5) is 13.8. The molecule has 120 valence electrons. The smallest absolute Gasteiger partial charge is 0.275 e. The molecule has 3 aromatic rings. The van der Waals surface area contributed by atoms with Gasteiger partial charge in [0, 0.05) is 24.5 Å². The third-order valence-electron chi connectivity index (χ3n) is 3.40. The Balaban J connectivity index is 1.93. The molecule has 2 aromatic heterocycles. The van der Waals surface area contributed by atoms with Gasteiger partial charge in [0.25, 0.3) is 5.91 Å². The lowest BCUT2D eigenvalue weighted by molar-refractivity contribution is 0.0861. The Morgan fingerprint density at radius 1 is 1.35 bits per heavy atom. The van der Waals surface area contributed by atoms with Crippen LogP contribution < -0.4 is 5.43 Å². The van der Waals surface area contributed by atoms with Gasteiger partial charge < -0.3 is 0 Å². The molecule has 0 unspecified atom stereocenters. The molecule has 0 aliphatic carbocycles. The van der Waals surface area contributed by atoms with Crippen molar-refractivity contribution in [3.05, 3.63) is 51.5 Å². The summed E-state index contributed by atoms with van der Waals surface area (Å²) < 4.78 is 1.94. The van der Waals surface area contributed by atoms with Crippen LogP contribution in [0.3, 0.4) is 0 Å². The number of thiophene rings is 1. The lowest BCUT2D eigenvalue weighted by Crippen LogP contribution is -2.35. The number of hydrazine groups is 1. The number of rotatable bonds is 4. The number of aromatic nitrogens is 2. The van der Waals surface area contributed by atoms with Crippen molar-refractivity contribution in [3.8, 4) is 0 Å². The first-order valence-electron chi connectivity index (χ1n) is 7.14. The third kappa shape index (κ3) is 3.39. The van der Waals surface area contributed by atoms with E-state index in [1.165, 1.54) is 11.3 Å². The molecular weight excluding hydrogens is 332 g/mol. The van der Waals surface area contributed by atoms with Gasteiger partial charge in [-0.15, -0.1) is 11.3 Å². The van der Waals surface area contributed by atoms with Crippen LogP contribution in [0, 0.1) is 6.92 Å². The molecule has 7 heteroatoms. The molecule has 23 heavy (non-hydrogen) atoms. The molecule has 0 spiro atoms. The summed E-state index contributed by atoms with van der Waals surface area (Å²) in [6, 6.07) is 9.61. The Morgan fingerprint density at radius 2 is 2.04 bits per heavy atom. The summed E-state index contributed by atoms with van der Waals surface area (Å²) in [6.07, 6.45) is 0. The first-order chi connectivity index (χ1) is 10.9. The maximum absolute atomic E-state index is 12.2. The Bertz CT molecular complexity index is 851. The lowest BCUT2D eigenvalue weighted by Gasteiger charge is -2.10. The highest BCUT2D eigenvalue weighted by Gasteiger charge is 2.16. The van der Waals surface area contributed by atoms with Gasteiger partial charge in [-0.05, 0) is 30.7 Å². The number of carbonyl (C=O) groups excluding carboxylic acids is 1. The SMILES string of the molecule is Cc1nn(Cc2ccc(Cl)cc2)c2sc(C(=O)NN(C)C)cc12. The maximum Gasteiger partial charge on any atom is 0.275 e. The summed E-state index contributed by atoms with van der Waals surface area (Å²) in [7, 11) is 3.58. The number of amides is 1. The van der Waals surface area contributed by atoms with E-state index in [1.54, 1.807) is 19.1 Å². The second kappa shape index (κ2) is 6.31. The highest BCUT2D eigenvalue weighted by molar-refractivity contribution is 7.20. The van der Waals surface area contributed by atoms with Crippen LogP contribution in [0.25, 0.3) is 10.2 Å². The predicted octanol–water partition coefficient (Wildman–Crippen LogP) is 3.31. The van der Waals surface area contributed by atoms with Crippen LogP contribution >= 0.6 is 22.9 Å². The minimum Gasteiger partial charge on any atom is -0.285 e. The first kappa shape index (κ1) is 16.0. The van der Waals surface area contributed by atoms with Crippen LogP contribution in [0.5, 0.6) is 0 Å². The van der Waals surface area contributed by atoms with Crippen LogP contribution in [-0.4, -0.2) is 34.8 Å². The van der Waals surface area contributed by atoms with Crippen molar-refractivity contribution in [1.82, 2.24) is 20.2 Å². The molecule has 5 nitrogen and oxygen atoms in total. The molecule has 2 heterocycles. The van der Waals surface area contributed by atoms with Crippen molar-refractivity contribution in [3.63, 3.8) is 0 Å². The fourth-order valence-corrected chi connectivity index (χ4v) is 3.53. The number of halogens is 1. The predicted molar refractivity (Wildman–Crippen MR) is 94.1 cm³/mol. The zero-order chi connectivity index (χ0) is 16.6. The molecular formula is C16H17ClN4OS. The van der Waals surface area contributed by atoms with Gasteiger partial charge in [0.2, 0.25) is 0 Å². The van der Waals surface area contributed by atoms with Crippen LogP contribution in [0.2, 0.25) is 5.02 Å². The highest BCUT2D eigenvalue weighted by atomic mass is 35.5. The number of aryl methyl sites for hydroxylation is 1. The standard InChI is InChI=1S/C16H17ClN4OS/c1-10-13-8-14(15(22)19-20(2)3)23-16(13)21(18-10)9-11-4-6-12(17)7-5-11/h4-8H,9H2,1-3H3,(H,19,22). The van der Waals surface area contributed by atoms with E-state index in [1.807, 2.05) is 41.9 Å². The van der Waals surface area contributed by atoms with Crippen molar-refractivity contribution in [2.75, 3.05) is 14.1 Å². The van der Waals surface area contributed by atoms with Gasteiger partial charge in [-0.2, -0.15) is 5.10 Å². The minimum atomic E-state index is -0.103. The molecule has 0 saturated carbocycles. The van der Waals surface area contributed by atoms with Gasteiger partial charge in [0.15, 0.2) is 0 Å². The number of carbonyl (C=O) groups is 1. The van der Waals surface area contributed by atoms with Crippen molar-refractivity contribution in [1.29, 1.82) is 0 Å². The van der Waals surface area contributed by atoms with Gasteiger partial charge in [-0.3, -0.25) is 14.9 Å². The van der Waals surface area contributed by atoms with Crippen molar-refractivity contribution in [2.24, 2.45) is 0 Å². The van der Waals surface area contributed by atoms with E-state index < -0.39 is 0 Å². The summed E-state index contributed by atoms with van der Waals surface area (Å²) >= 11 is 7.38. The van der Waals surface area contributed by atoms with Crippen LogP contribution in [0.1, 0.15) is 20.9 Å². The molecule has 0 aliphatic rings. The molecule has 1 aromatic carbocycles. The minimum absolute atomic E-state index is 0.103. The molecule has 0 saturated heterocycles. The second-order valence-corrected chi connectivity index (χ2v) is 7.00. The van der Waals surface area contributed by atoms with E-state index >= 15 is 0 Å². The summed E-state index contributed by atoms with van der Waals surface area (Å²) in [5, 5.41) is 7.96. The van der Waals surface area contributed by atoms with Crippen LogP contribution in [0.4, 0.5) is 0 Å². The fraction of sp³-hybridized carbons (Fsp3) is 0.250. The molecule has 0 aliphatic heterocycles. The summed E-state index contributed by atoms with van der Waals surface area (Å²) in [6.45, 7) is 2.61. The lowest BCUT2D eigenvalue weighted by atomic mass is 10.2. The Kier molecular flexibility index (Phi) is 4.39. The number of nitrogens with one attached hydrogen (secondary N) is 1. The van der Waals surface area contributed by atoms with Gasteiger partial charge in [0.05, 0.1) is 17.1 Å². The molecule has 3 rings (SSSR count). The molecule has 0 fully saturated rings. The molecule has 0 atom stereocenters. The average Bonchev–Trinajstić information content (AvgIpc) is 3.03. The zero-order valence-corrected chi connectivity index (χ0v) is 14.7. The van der Waals surface area contributed by atoms with E-state index in [0.717, 1.165) is 21.5 Å². The quantitative estimate of drug-likeness (QED) is 0.736. The molecule has 1 amide bonds. The monoisotopic (exact) mass is 348 g/mol. The zero-order valence-electron chi connectivity index (χ0n) is 13.1. The maximum atomic E-state index is 12.2. The van der Waals surface area contributed by atoms with E-state index in [2.05, 4.69) is 10.5 Å². The Labute approximate surface area is 143 Å². The van der Waals surface area contributed by atoms with Crippen LogP contribution in [0.15, 0.2) is 30.3 Å². The summed E-state index contributed by atoms with van der Waals surface area (Å²) in [5.41, 5.74) is 4.81. The fourth-order valence-electron chi connectivity index (χ4n) is 2.35. The average molecular weight is 349 g/mol. The first-order valence-corrected chi connectivity index (χ1v) is 8.33. The van der Waals surface area contributed by atoms with E-state index in [4.69, 9.17) is 11.6 Å². The Morgan fingerprint density at radius 3 is 2.70 bits per heavy atom. The van der Waals surface area contributed by atoms with Crippen molar-refractivity contribution < 1.29 is 4.79 Å². The largest absolute Gasteiger partial charge is 0.285 e. The number of benzene rings is 1. The van der Waals surface area contributed by atoms with Crippen LogP contribution in [-0.2, 0) is 6.54 Å². The number of fused-ring (bicyclic) bond motifs is 1. The van der Waals surface area contributed by atoms with Crippen molar-refractivity contribution >= 4 is 39.1 Å². The third-order valence-corrected chi connectivity index (χ3v) is 4.80. The van der Waals surface area contributed by atoms with Gasteiger partial charge in [-0.1, -0.05) is 23.7 Å². The molecule has 0 bridgehead atoms. The summed E-state index contributed by atoms with van der Waals surface area (Å²) in [5.74, 6) is -0.103. The van der Waals surface area contributed by atoms with Gasteiger partial charge in [-0.25, -0.2) is 5.01 Å². The molecule has 1 N–H and O–H groups in total. The van der Waals surface area contributed by atoms with E-state index in [-0.39, 0.29) is 5.91 Å². The van der Waals surface area contributed by atoms with Crippen molar-refractivity contribution in [2.45, 2.75) is 13.5 Å².